The third-order valence-electron chi connectivity index (χ3n) is 1.30. The molecule has 0 atom stereocenters. The van der Waals surface area contributed by atoms with E-state index in [0.717, 1.165) is 0 Å². The fraction of sp³-hybridized carbons (Fsp3) is 0.786. The molecule has 0 aromatic rings. The Hall–Kier alpha value is 0.190. The molecule has 1 amide bonds. The fourth-order valence-corrected chi connectivity index (χ4v) is 0.725. The van der Waals surface area contributed by atoms with Crippen molar-refractivity contribution in [3.05, 3.63) is 0 Å². The van der Waals surface area contributed by atoms with Crippen molar-refractivity contribution in [1.82, 2.24) is 16.0 Å². The van der Waals surface area contributed by atoms with E-state index in [2.05, 4.69) is 53.2 Å². The first kappa shape index (κ1) is 43.2. The summed E-state index contributed by atoms with van der Waals surface area (Å²) in [7, 11) is 3.47. The molecule has 0 aliphatic rings. The van der Waals surface area contributed by atoms with Crippen LogP contribution in [0.4, 0.5) is 0 Å². The molecule has 0 aliphatic heterocycles. The van der Waals surface area contributed by atoms with Gasteiger partial charge in [0.1, 0.15) is 11.6 Å². The van der Waals surface area contributed by atoms with Crippen LogP contribution in [0.25, 0.3) is 0 Å². The molecule has 0 aliphatic carbocycles. The number of carbonyl (C=O) groups is 3. The summed E-state index contributed by atoms with van der Waals surface area (Å²) in [5.74, 6) is -0.173. The summed E-state index contributed by atoms with van der Waals surface area (Å²) in [4.78, 5) is 31.0. The maximum atomic E-state index is 10.6. The molecule has 22 heavy (non-hydrogen) atoms. The summed E-state index contributed by atoms with van der Waals surface area (Å²) < 4.78 is 0. The van der Waals surface area contributed by atoms with Crippen LogP contribution in [0.5, 0.6) is 0 Å². The molecular weight excluding hydrogens is 512 g/mol. The largest absolute Gasteiger partial charge is 0.343 e. The smallest absolute Gasteiger partial charge is 0.228 e. The van der Waals surface area contributed by atoms with Crippen molar-refractivity contribution in [3.63, 3.8) is 0 Å². The highest BCUT2D eigenvalue weighted by atomic mass is 128. The number of hydrogen-bond donors (Lipinski definition) is 3. The predicted molar refractivity (Wildman–Crippen MR) is 117 cm³/mol. The van der Waals surface area contributed by atoms with Crippen LogP contribution in [0.3, 0.4) is 0 Å². The Morgan fingerprint density at radius 1 is 0.818 bits per heavy atom. The minimum atomic E-state index is -0.234. The number of likely N-dealkylation sites (N-methyl/N-ethyl adjacent to an activating group) is 1. The molecule has 6 nitrogen and oxygen atoms in total. The molecule has 0 heterocycles. The summed E-state index contributed by atoms with van der Waals surface area (Å²) in [5, 5.41) is 7.94. The first-order valence-electron chi connectivity index (χ1n) is 5.13. The Kier molecular flexibility index (Phi) is 73.5. The van der Waals surface area contributed by atoms with Gasteiger partial charge in [-0.2, -0.15) is 0 Å². The molecule has 0 radical (unpaired) electrons. The molecule has 3 N–H and O–H groups in total. The van der Waals surface area contributed by atoms with Crippen LogP contribution >= 0.6 is 37.2 Å². The van der Waals surface area contributed by atoms with Gasteiger partial charge >= 0.3 is 0 Å². The lowest BCUT2D eigenvalue weighted by Gasteiger charge is -2.00. The van der Waals surface area contributed by atoms with Crippen LogP contribution in [0.1, 0.15) is 50.0 Å². The van der Waals surface area contributed by atoms with Gasteiger partial charge in [0.2, 0.25) is 5.91 Å². The zero-order valence-electron chi connectivity index (χ0n) is 11.1. The summed E-state index contributed by atoms with van der Waals surface area (Å²) in [6.45, 7) is 3.83. The van der Waals surface area contributed by atoms with Crippen LogP contribution in [-0.2, 0) is 14.4 Å². The predicted octanol–water partition coefficient (Wildman–Crippen LogP) is 3.37. The quantitative estimate of drug-likeness (QED) is 0.269. The van der Waals surface area contributed by atoms with E-state index in [1.807, 2.05) is 0 Å². The Morgan fingerprint density at radius 2 is 1.23 bits per heavy atom. The Morgan fingerprint density at radius 3 is 1.41 bits per heavy atom. The third kappa shape index (κ3) is 59.4. The monoisotopic (exact) mass is 549 g/mol. The van der Waals surface area contributed by atoms with E-state index in [1.54, 1.807) is 21.0 Å². The minimum absolute atomic E-state index is 0. The summed E-state index contributed by atoms with van der Waals surface area (Å²) >= 11 is 4.24. The number of halogens is 2. The van der Waals surface area contributed by atoms with E-state index >= 15 is 0 Å². The highest BCUT2D eigenvalue weighted by Crippen LogP contribution is 1.89. The summed E-state index contributed by atoms with van der Waals surface area (Å²) in [6.07, 6.45) is -0.0261. The van der Waals surface area contributed by atoms with Gasteiger partial charge in [0.05, 0.1) is 19.6 Å². The lowest BCUT2D eigenvalue weighted by Crippen LogP contribution is -2.32. The van der Waals surface area contributed by atoms with Crippen LogP contribution < -0.4 is 16.0 Å². The average Bonchev–Trinajstić information content (AvgIpc) is 2.29. The van der Waals surface area contributed by atoms with Crippen molar-refractivity contribution < 1.29 is 14.4 Å². The second-order valence-electron chi connectivity index (χ2n) is 3.24. The van der Waals surface area contributed by atoms with Crippen molar-refractivity contribution in [2.45, 2.75) is 50.0 Å². The molecule has 0 saturated heterocycles. The number of nitrogens with one attached hydrogen (secondary N) is 3. The standard InChI is InChI=1S/C6H12N2O2.C4H9NO.4CH4.I2/c1-5(9)3-6(10)8-4-7-2;1-4(6)3-5-2;;;;;1-2/h7H,3-4H2,1-2H3,(H,8,10);5H,3H2,1-2H3;4*1H4;. The van der Waals surface area contributed by atoms with Gasteiger partial charge < -0.3 is 16.0 Å². The van der Waals surface area contributed by atoms with Crippen molar-refractivity contribution >= 4 is 54.7 Å². The Balaban J connectivity index is -0.0000000334. The molecular formula is C14H37I2N3O3. The van der Waals surface area contributed by atoms with E-state index in [-0.39, 0.29) is 53.6 Å². The van der Waals surface area contributed by atoms with Gasteiger partial charge in [0.25, 0.3) is 0 Å². The number of Topliss-reactive ketones (excluding diaryl/α,β-unsaturated/α-hetero) is 2. The number of amides is 1. The van der Waals surface area contributed by atoms with Crippen LogP contribution in [-0.4, -0.2) is 44.8 Å². The average molecular weight is 549 g/mol. The molecule has 0 spiro atoms. The Bertz CT molecular complexity index is 241. The van der Waals surface area contributed by atoms with Gasteiger partial charge in [0, 0.05) is 37.2 Å². The van der Waals surface area contributed by atoms with E-state index in [9.17, 15) is 14.4 Å². The van der Waals surface area contributed by atoms with Crippen LogP contribution in [0.2, 0.25) is 0 Å². The molecule has 0 fully saturated rings. The van der Waals surface area contributed by atoms with Gasteiger partial charge in [-0.15, -0.1) is 0 Å². The fourth-order valence-electron chi connectivity index (χ4n) is 0.725. The molecule has 140 valence electrons. The normalized spacial score (nSPS) is 6.64. The number of carbonyl (C=O) groups excluding carboxylic acids is 3. The molecule has 0 bridgehead atoms. The molecule has 0 saturated carbocycles. The zero-order chi connectivity index (χ0) is 15.0. The van der Waals surface area contributed by atoms with Crippen molar-refractivity contribution in [2.24, 2.45) is 0 Å². The van der Waals surface area contributed by atoms with E-state index < -0.39 is 0 Å². The van der Waals surface area contributed by atoms with Crippen molar-refractivity contribution in [1.29, 1.82) is 0 Å². The minimum Gasteiger partial charge on any atom is -0.343 e. The molecule has 0 rings (SSSR count). The third-order valence-corrected chi connectivity index (χ3v) is 1.30. The topological polar surface area (TPSA) is 87.3 Å². The van der Waals surface area contributed by atoms with Crippen LogP contribution in [0.15, 0.2) is 0 Å². The van der Waals surface area contributed by atoms with Crippen molar-refractivity contribution in [2.75, 3.05) is 27.3 Å². The number of rotatable bonds is 6. The second-order valence-corrected chi connectivity index (χ2v) is 3.24. The van der Waals surface area contributed by atoms with Crippen molar-refractivity contribution in [3.8, 4) is 0 Å². The first-order chi connectivity index (χ1) is 8.43. The number of ketones is 2. The van der Waals surface area contributed by atoms with Gasteiger partial charge in [-0.3, -0.25) is 14.4 Å². The zero-order valence-corrected chi connectivity index (χ0v) is 15.4. The summed E-state index contributed by atoms with van der Waals surface area (Å²) in [6, 6.07) is 0. The highest BCUT2D eigenvalue weighted by molar-refractivity contribution is 15.0. The highest BCUT2D eigenvalue weighted by Gasteiger charge is 2.01. The van der Waals surface area contributed by atoms with E-state index in [4.69, 9.17) is 0 Å². The molecule has 0 unspecified atom stereocenters. The Labute approximate surface area is 161 Å². The van der Waals surface area contributed by atoms with E-state index in [1.165, 1.54) is 6.92 Å². The SMILES string of the molecule is C.C.C.C.CNCC(C)=O.CNCNC(=O)CC(C)=O.II. The lowest BCUT2D eigenvalue weighted by molar-refractivity contribution is -0.127. The summed E-state index contributed by atoms with van der Waals surface area (Å²) in [5.41, 5.74) is 0. The number of hydrogen-bond acceptors (Lipinski definition) is 5. The second kappa shape index (κ2) is 37.4. The van der Waals surface area contributed by atoms with Gasteiger partial charge in [-0.1, -0.05) is 29.7 Å². The maximum Gasteiger partial charge on any atom is 0.228 e. The van der Waals surface area contributed by atoms with Crippen LogP contribution in [0, 0.1) is 0 Å². The molecule has 0 aromatic carbocycles. The van der Waals surface area contributed by atoms with E-state index in [0.29, 0.717) is 13.2 Å². The first-order valence-corrected chi connectivity index (χ1v) is 11.4. The maximum absolute atomic E-state index is 10.6. The van der Waals surface area contributed by atoms with Gasteiger partial charge in [0.15, 0.2) is 0 Å². The molecule has 0 aromatic heterocycles. The molecule has 8 heteroatoms. The van der Waals surface area contributed by atoms with Gasteiger partial charge in [-0.05, 0) is 27.9 Å². The lowest BCUT2D eigenvalue weighted by atomic mass is 10.3. The van der Waals surface area contributed by atoms with Gasteiger partial charge in [-0.25, -0.2) is 0 Å².